The lowest BCUT2D eigenvalue weighted by molar-refractivity contribution is -0.108. The first-order valence-electron chi connectivity index (χ1n) is 11.9. The Labute approximate surface area is 177 Å². The van der Waals surface area contributed by atoms with Crippen molar-refractivity contribution in [3.63, 3.8) is 0 Å². The summed E-state index contributed by atoms with van der Waals surface area (Å²) < 4.78 is 48.2. The van der Waals surface area contributed by atoms with Crippen LogP contribution in [0.25, 0.3) is 6.05 Å². The number of carbonyl (C=O) groups excluding carboxylic acids is 1. The van der Waals surface area contributed by atoms with E-state index in [1.807, 2.05) is 31.2 Å². The largest absolute Gasteiger partial charge is 0.287 e. The molecule has 5 heteroatoms. The molecule has 0 fully saturated rings. The number of ketones is 1. The SMILES string of the molecule is [2H]C1=C([2H])c2c([2H])c([2H])c([2H])c([2H])c2/C(=N/Nc2ccc(N=Nc3ccccc3C)cc2C)C1=O. The van der Waals surface area contributed by atoms with E-state index in [4.69, 9.17) is 8.22 Å². The van der Waals surface area contributed by atoms with Crippen molar-refractivity contribution in [3.05, 3.63) is 94.9 Å². The van der Waals surface area contributed by atoms with Gasteiger partial charge in [0.05, 0.1) is 25.3 Å². The molecule has 0 spiro atoms. The van der Waals surface area contributed by atoms with E-state index in [0.717, 1.165) is 16.8 Å². The maximum Gasteiger partial charge on any atom is 0.206 e. The first kappa shape index (κ1) is 12.6. The number of aryl methyl sites for hydroxylation is 2. The molecule has 0 saturated carbocycles. The monoisotopic (exact) mass is 386 g/mol. The molecule has 0 amide bonds. The first-order valence-corrected chi connectivity index (χ1v) is 8.86. The van der Waals surface area contributed by atoms with Crippen molar-refractivity contribution in [2.24, 2.45) is 15.3 Å². The molecule has 5 nitrogen and oxygen atoms in total. The van der Waals surface area contributed by atoms with Crippen molar-refractivity contribution in [1.29, 1.82) is 0 Å². The molecule has 29 heavy (non-hydrogen) atoms. The number of hydrogen-bond donors (Lipinski definition) is 1. The van der Waals surface area contributed by atoms with Crippen LogP contribution in [0.1, 0.15) is 30.5 Å². The quantitative estimate of drug-likeness (QED) is 0.433. The van der Waals surface area contributed by atoms with Crippen molar-refractivity contribution in [1.82, 2.24) is 0 Å². The molecule has 142 valence electrons. The van der Waals surface area contributed by atoms with E-state index >= 15 is 0 Å². The van der Waals surface area contributed by atoms with Crippen LogP contribution >= 0.6 is 0 Å². The van der Waals surface area contributed by atoms with Crippen LogP contribution in [0.15, 0.2) is 88.0 Å². The minimum atomic E-state index is -0.902. The van der Waals surface area contributed by atoms with Gasteiger partial charge in [0.1, 0.15) is 5.71 Å². The highest BCUT2D eigenvalue weighted by Gasteiger charge is 2.18. The molecule has 0 aliphatic heterocycles. The van der Waals surface area contributed by atoms with Gasteiger partial charge in [-0.05, 0) is 60.9 Å². The Morgan fingerprint density at radius 2 is 1.76 bits per heavy atom. The molecule has 0 unspecified atom stereocenters. The second-order valence-corrected chi connectivity index (χ2v) is 6.39. The maximum atomic E-state index is 12.7. The fraction of sp³-hybridized carbons (Fsp3) is 0.0833. The summed E-state index contributed by atoms with van der Waals surface area (Å²) in [5.74, 6) is -0.902. The van der Waals surface area contributed by atoms with Crippen LogP contribution < -0.4 is 5.43 Å². The van der Waals surface area contributed by atoms with Crippen LogP contribution in [-0.4, -0.2) is 11.5 Å². The second kappa shape index (κ2) is 8.02. The zero-order chi connectivity index (χ0) is 25.4. The van der Waals surface area contributed by atoms with Crippen molar-refractivity contribution < 1.29 is 13.0 Å². The molecule has 0 aromatic heterocycles. The smallest absolute Gasteiger partial charge is 0.206 e. The van der Waals surface area contributed by atoms with Crippen LogP contribution in [0.2, 0.25) is 0 Å². The summed E-state index contributed by atoms with van der Waals surface area (Å²) in [5.41, 5.74) is 5.60. The van der Waals surface area contributed by atoms with Gasteiger partial charge in [-0.15, -0.1) is 0 Å². The third kappa shape index (κ3) is 4.04. The molecule has 4 rings (SSSR count). The number of hydrogen-bond acceptors (Lipinski definition) is 5. The standard InChI is InChI=1S/C24H20N4O/c1-16-7-3-6-10-21(16)26-25-19-12-13-22(17(2)15-19)27-28-24-20-9-5-4-8-18(20)11-14-23(24)29/h3-15,27H,1-2H3/b26-25?,28-24-/i4D,5D,8D,9D,11D,14D. The highest BCUT2D eigenvalue weighted by molar-refractivity contribution is 6.52. The summed E-state index contributed by atoms with van der Waals surface area (Å²) in [6.45, 7) is 3.74. The lowest BCUT2D eigenvalue weighted by atomic mass is 9.95. The fourth-order valence-corrected chi connectivity index (χ4v) is 2.72. The second-order valence-electron chi connectivity index (χ2n) is 6.39. The Balaban J connectivity index is 1.69. The highest BCUT2D eigenvalue weighted by Crippen LogP contribution is 2.26. The third-order valence-corrected chi connectivity index (χ3v) is 4.33. The number of azo groups is 1. The predicted molar refractivity (Wildman–Crippen MR) is 117 cm³/mol. The first-order chi connectivity index (χ1) is 16.6. The van der Waals surface area contributed by atoms with E-state index < -0.39 is 42.1 Å². The molecule has 0 atom stereocenters. The summed E-state index contributed by atoms with van der Waals surface area (Å²) in [6, 6.07) is 9.45. The van der Waals surface area contributed by atoms with Gasteiger partial charge >= 0.3 is 0 Å². The maximum absolute atomic E-state index is 12.7. The molecular weight excluding hydrogens is 360 g/mol. The van der Waals surface area contributed by atoms with Crippen molar-refractivity contribution in [2.45, 2.75) is 13.8 Å². The number of hydrazone groups is 1. The zero-order valence-corrected chi connectivity index (χ0v) is 15.8. The van der Waals surface area contributed by atoms with Crippen molar-refractivity contribution in [2.75, 3.05) is 5.43 Å². The molecule has 3 aromatic carbocycles. The minimum Gasteiger partial charge on any atom is -0.287 e. The van der Waals surface area contributed by atoms with E-state index in [-0.39, 0.29) is 16.8 Å². The number of rotatable bonds is 4. The van der Waals surface area contributed by atoms with Crippen molar-refractivity contribution >= 4 is 34.6 Å². The van der Waals surface area contributed by atoms with Gasteiger partial charge in [0, 0.05) is 5.56 Å². The van der Waals surface area contributed by atoms with E-state index in [9.17, 15) is 4.79 Å². The number of nitrogens with zero attached hydrogens (tertiary/aromatic N) is 3. The number of anilines is 1. The lowest BCUT2D eigenvalue weighted by Crippen LogP contribution is -2.19. The Hall–Kier alpha value is -3.86. The molecule has 1 aliphatic rings. The average molecular weight is 386 g/mol. The number of carbonyl (C=O) groups is 1. The fourth-order valence-electron chi connectivity index (χ4n) is 2.72. The number of benzene rings is 3. The van der Waals surface area contributed by atoms with Gasteiger partial charge in [0.25, 0.3) is 0 Å². The van der Waals surface area contributed by atoms with Gasteiger partial charge < -0.3 is 0 Å². The zero-order valence-electron chi connectivity index (χ0n) is 21.8. The summed E-state index contributed by atoms with van der Waals surface area (Å²) in [4.78, 5) is 12.7. The third-order valence-electron chi connectivity index (χ3n) is 4.33. The molecule has 0 radical (unpaired) electrons. The van der Waals surface area contributed by atoms with Crippen LogP contribution in [-0.2, 0) is 4.79 Å². The van der Waals surface area contributed by atoms with Crippen LogP contribution in [0.3, 0.4) is 0 Å². The highest BCUT2D eigenvalue weighted by atomic mass is 16.1. The molecule has 0 saturated heterocycles. The topological polar surface area (TPSA) is 66.2 Å². The molecule has 1 N–H and O–H groups in total. The van der Waals surface area contributed by atoms with E-state index in [0.29, 0.717) is 11.4 Å². The number of nitrogens with one attached hydrogen (secondary N) is 1. The van der Waals surface area contributed by atoms with Crippen molar-refractivity contribution in [3.8, 4) is 0 Å². The predicted octanol–water partition coefficient (Wildman–Crippen LogP) is 6.13. The van der Waals surface area contributed by atoms with E-state index in [2.05, 4.69) is 20.8 Å². The Morgan fingerprint density at radius 3 is 2.59 bits per heavy atom. The summed E-state index contributed by atoms with van der Waals surface area (Å²) >= 11 is 0. The van der Waals surface area contributed by atoms with Gasteiger partial charge in [-0.2, -0.15) is 15.3 Å². The molecule has 3 aromatic rings. The van der Waals surface area contributed by atoms with Gasteiger partial charge in [-0.3, -0.25) is 10.2 Å². The Bertz CT molecular complexity index is 1480. The van der Waals surface area contributed by atoms with Gasteiger partial charge in [0.15, 0.2) is 0 Å². The molecular formula is C24H20N4O. The molecule has 1 aliphatic carbocycles. The van der Waals surface area contributed by atoms with Crippen LogP contribution in [0, 0.1) is 13.8 Å². The minimum absolute atomic E-state index is 0.198. The average Bonchev–Trinajstić information content (AvgIpc) is 2.84. The number of fused-ring (bicyclic) bond motifs is 1. The lowest BCUT2D eigenvalue weighted by Gasteiger charge is -2.13. The Morgan fingerprint density at radius 1 is 0.931 bits per heavy atom. The van der Waals surface area contributed by atoms with E-state index in [1.165, 1.54) is 0 Å². The van der Waals surface area contributed by atoms with Gasteiger partial charge in [0.2, 0.25) is 5.78 Å². The van der Waals surface area contributed by atoms with Crippen LogP contribution in [0.5, 0.6) is 0 Å². The molecule has 0 heterocycles. The number of allylic oxidation sites excluding steroid dienone is 1. The van der Waals surface area contributed by atoms with Gasteiger partial charge in [-0.1, -0.05) is 48.4 Å². The normalized spacial score (nSPS) is 18.0. The Kier molecular flexibility index (Phi) is 3.48. The summed E-state index contributed by atoms with van der Waals surface area (Å²) in [5, 5.41) is 12.6. The van der Waals surface area contributed by atoms with Crippen LogP contribution in [0.4, 0.5) is 17.1 Å². The summed E-state index contributed by atoms with van der Waals surface area (Å²) in [6.07, 6.45) is 0. The van der Waals surface area contributed by atoms with E-state index in [1.54, 1.807) is 25.1 Å². The molecule has 0 bridgehead atoms. The summed E-state index contributed by atoms with van der Waals surface area (Å²) in [7, 11) is 0. The van der Waals surface area contributed by atoms with Gasteiger partial charge in [-0.25, -0.2) is 0 Å².